The quantitative estimate of drug-likeness (QED) is 0.468. The Balaban J connectivity index is 1.29. The van der Waals surface area contributed by atoms with Gasteiger partial charge < -0.3 is 14.4 Å². The number of aliphatic imine (C=N–C) groups is 1. The smallest absolute Gasteiger partial charge is 0.305 e. The second-order valence-electron chi connectivity index (χ2n) is 8.25. The fourth-order valence-corrected chi connectivity index (χ4v) is 4.31. The first kappa shape index (κ1) is 22.5. The number of hydrogen-bond acceptors (Lipinski definition) is 6. The molecule has 2 aromatic carbocycles. The second-order valence-corrected chi connectivity index (χ2v) is 8.25. The van der Waals surface area contributed by atoms with Crippen LogP contribution in [0.2, 0.25) is 0 Å². The Morgan fingerprint density at radius 2 is 1.72 bits per heavy atom. The largest absolute Gasteiger partial charge is 0.466 e. The predicted octanol–water partition coefficient (Wildman–Crippen LogP) is 3.65. The first-order valence-corrected chi connectivity index (χ1v) is 11.7. The lowest BCUT2D eigenvalue weighted by molar-refractivity contribution is -0.143. The van der Waals surface area contributed by atoms with Crippen LogP contribution in [0, 0.1) is 0 Å². The number of fused-ring (bicyclic) bond motifs is 2. The predicted molar refractivity (Wildman–Crippen MR) is 127 cm³/mol. The van der Waals surface area contributed by atoms with Gasteiger partial charge in [0.1, 0.15) is 5.84 Å². The number of amidine groups is 1. The molecule has 0 aromatic heterocycles. The summed E-state index contributed by atoms with van der Waals surface area (Å²) in [7, 11) is 0. The summed E-state index contributed by atoms with van der Waals surface area (Å²) in [5.41, 5.74) is 4.96. The number of carbonyl (C=O) groups excluding carboxylic acids is 1. The zero-order valence-electron chi connectivity index (χ0n) is 19.0. The molecule has 170 valence electrons. The van der Waals surface area contributed by atoms with Crippen LogP contribution in [-0.4, -0.2) is 74.1 Å². The van der Waals surface area contributed by atoms with Crippen LogP contribution in [0.1, 0.15) is 36.5 Å². The van der Waals surface area contributed by atoms with E-state index < -0.39 is 0 Å². The number of ether oxygens (including phenoxy) is 2. The summed E-state index contributed by atoms with van der Waals surface area (Å²) in [6.45, 7) is 8.38. The van der Waals surface area contributed by atoms with E-state index in [2.05, 4.69) is 58.3 Å². The van der Waals surface area contributed by atoms with Gasteiger partial charge in [0.05, 0.1) is 18.9 Å². The van der Waals surface area contributed by atoms with Crippen LogP contribution in [-0.2, 0) is 20.7 Å². The highest BCUT2D eigenvalue weighted by Gasteiger charge is 2.24. The highest BCUT2D eigenvalue weighted by atomic mass is 16.5. The van der Waals surface area contributed by atoms with Gasteiger partial charge in [-0.05, 0) is 30.5 Å². The molecule has 0 bridgehead atoms. The molecule has 4 rings (SSSR count). The number of para-hydroxylation sites is 1. The Labute approximate surface area is 190 Å². The van der Waals surface area contributed by atoms with Gasteiger partial charge in [-0.2, -0.15) is 0 Å². The van der Waals surface area contributed by atoms with Gasteiger partial charge >= 0.3 is 5.97 Å². The van der Waals surface area contributed by atoms with E-state index in [-0.39, 0.29) is 5.97 Å². The minimum atomic E-state index is -0.141. The molecule has 0 unspecified atom stereocenters. The summed E-state index contributed by atoms with van der Waals surface area (Å²) in [5, 5.41) is 0. The average molecular weight is 436 g/mol. The standard InChI is InChI=1S/C26H33N3O3/c1-2-32-25(30)12-7-18-31-19-17-28-13-15-29(16-14-28)26-23-10-5-3-8-21(23)20-22-9-4-6-11-24(22)27-26/h3-6,8-11H,2,7,12-20H2,1H3. The maximum absolute atomic E-state index is 11.4. The monoisotopic (exact) mass is 435 g/mol. The number of hydrogen-bond donors (Lipinski definition) is 0. The van der Waals surface area contributed by atoms with Gasteiger partial charge in [-0.1, -0.05) is 42.5 Å². The first-order chi connectivity index (χ1) is 15.7. The van der Waals surface area contributed by atoms with Crippen LogP contribution in [0.4, 0.5) is 5.69 Å². The van der Waals surface area contributed by atoms with E-state index in [1.807, 2.05) is 6.92 Å². The van der Waals surface area contributed by atoms with Crippen molar-refractivity contribution in [1.29, 1.82) is 0 Å². The molecule has 32 heavy (non-hydrogen) atoms. The van der Waals surface area contributed by atoms with Crippen LogP contribution in [0.3, 0.4) is 0 Å². The van der Waals surface area contributed by atoms with Crippen molar-refractivity contribution in [2.24, 2.45) is 4.99 Å². The van der Waals surface area contributed by atoms with Gasteiger partial charge in [0.2, 0.25) is 0 Å². The van der Waals surface area contributed by atoms with Crippen LogP contribution < -0.4 is 0 Å². The highest BCUT2D eigenvalue weighted by Crippen LogP contribution is 2.29. The fourth-order valence-electron chi connectivity index (χ4n) is 4.31. The van der Waals surface area contributed by atoms with Crippen LogP contribution >= 0.6 is 0 Å². The molecule has 6 nitrogen and oxygen atoms in total. The Morgan fingerprint density at radius 3 is 2.53 bits per heavy atom. The Hall–Kier alpha value is -2.70. The maximum Gasteiger partial charge on any atom is 0.305 e. The van der Waals surface area contributed by atoms with Crippen molar-refractivity contribution in [3.63, 3.8) is 0 Å². The molecule has 6 heteroatoms. The summed E-state index contributed by atoms with van der Waals surface area (Å²) in [5.74, 6) is 0.957. The van der Waals surface area contributed by atoms with Gasteiger partial charge in [0.25, 0.3) is 0 Å². The van der Waals surface area contributed by atoms with Crippen molar-refractivity contribution in [3.05, 3.63) is 65.2 Å². The van der Waals surface area contributed by atoms with Crippen molar-refractivity contribution >= 4 is 17.5 Å². The third kappa shape index (κ3) is 5.75. The molecular formula is C26H33N3O3. The van der Waals surface area contributed by atoms with E-state index >= 15 is 0 Å². The SMILES string of the molecule is CCOC(=O)CCCOCCN1CCN(C2=Nc3ccccc3Cc3ccccc32)CC1. The van der Waals surface area contributed by atoms with E-state index in [4.69, 9.17) is 14.5 Å². The highest BCUT2D eigenvalue weighted by molar-refractivity contribution is 6.02. The van der Waals surface area contributed by atoms with Gasteiger partial charge in [-0.3, -0.25) is 9.69 Å². The molecule has 0 spiro atoms. The number of esters is 1. The number of carbonyl (C=O) groups is 1. The molecule has 0 amide bonds. The summed E-state index contributed by atoms with van der Waals surface area (Å²) < 4.78 is 10.7. The minimum absolute atomic E-state index is 0.141. The molecule has 0 aliphatic carbocycles. The number of nitrogens with zero attached hydrogens (tertiary/aromatic N) is 3. The summed E-state index contributed by atoms with van der Waals surface area (Å²) >= 11 is 0. The lowest BCUT2D eigenvalue weighted by Gasteiger charge is -2.36. The zero-order chi connectivity index (χ0) is 22.2. The van der Waals surface area contributed by atoms with Crippen molar-refractivity contribution in [3.8, 4) is 0 Å². The van der Waals surface area contributed by atoms with Crippen LogP contribution in [0.5, 0.6) is 0 Å². The minimum Gasteiger partial charge on any atom is -0.466 e. The van der Waals surface area contributed by atoms with Crippen molar-refractivity contribution < 1.29 is 14.3 Å². The zero-order valence-corrected chi connectivity index (χ0v) is 19.0. The van der Waals surface area contributed by atoms with Gasteiger partial charge in [-0.15, -0.1) is 0 Å². The molecule has 0 N–H and O–H groups in total. The molecule has 2 aromatic rings. The lowest BCUT2D eigenvalue weighted by Crippen LogP contribution is -2.49. The third-order valence-electron chi connectivity index (χ3n) is 6.06. The van der Waals surface area contributed by atoms with Crippen molar-refractivity contribution in [2.75, 3.05) is 52.5 Å². The average Bonchev–Trinajstić information content (AvgIpc) is 2.99. The summed E-state index contributed by atoms with van der Waals surface area (Å²) in [6.07, 6.45) is 2.07. The van der Waals surface area contributed by atoms with Crippen LogP contribution in [0.15, 0.2) is 53.5 Å². The van der Waals surface area contributed by atoms with E-state index in [1.54, 1.807) is 0 Å². The van der Waals surface area contributed by atoms with Crippen LogP contribution in [0.25, 0.3) is 0 Å². The molecule has 1 saturated heterocycles. The molecule has 2 aliphatic rings. The third-order valence-corrected chi connectivity index (χ3v) is 6.06. The Kier molecular flexibility index (Phi) is 7.91. The van der Waals surface area contributed by atoms with Gasteiger partial charge in [0, 0.05) is 57.7 Å². The Bertz CT molecular complexity index is 935. The topological polar surface area (TPSA) is 54.4 Å². The number of benzene rings is 2. The molecule has 2 aliphatic heterocycles. The number of rotatable bonds is 8. The van der Waals surface area contributed by atoms with Crippen molar-refractivity contribution in [1.82, 2.24) is 9.80 Å². The Morgan fingerprint density at radius 1 is 0.969 bits per heavy atom. The fraction of sp³-hybridized carbons (Fsp3) is 0.462. The van der Waals surface area contributed by atoms with E-state index in [1.165, 1.54) is 16.7 Å². The molecule has 1 fully saturated rings. The van der Waals surface area contributed by atoms with Crippen molar-refractivity contribution in [2.45, 2.75) is 26.2 Å². The van der Waals surface area contributed by atoms with E-state index in [0.717, 1.165) is 50.7 Å². The normalized spacial score (nSPS) is 16.0. The molecule has 0 atom stereocenters. The summed E-state index contributed by atoms with van der Waals surface area (Å²) in [4.78, 5) is 21.3. The van der Waals surface area contributed by atoms with Gasteiger partial charge in [-0.25, -0.2) is 4.99 Å². The van der Waals surface area contributed by atoms with Gasteiger partial charge in [0.15, 0.2) is 0 Å². The molecule has 2 heterocycles. The van der Waals surface area contributed by atoms with E-state index in [9.17, 15) is 4.79 Å². The van der Waals surface area contributed by atoms with E-state index in [0.29, 0.717) is 32.7 Å². The second kappa shape index (κ2) is 11.2. The maximum atomic E-state index is 11.4. The lowest BCUT2D eigenvalue weighted by atomic mass is 9.99. The molecule has 0 radical (unpaired) electrons. The molecular weight excluding hydrogens is 402 g/mol. The summed E-state index contributed by atoms with van der Waals surface area (Å²) in [6, 6.07) is 17.1. The first-order valence-electron chi connectivity index (χ1n) is 11.7. The molecule has 0 saturated carbocycles. The number of piperazine rings is 1.